The fourth-order valence-corrected chi connectivity index (χ4v) is 4.67. The second-order valence-electron chi connectivity index (χ2n) is 9.14. The first-order chi connectivity index (χ1) is 14.7. The van der Waals surface area contributed by atoms with E-state index in [1.807, 2.05) is 24.3 Å². The van der Waals surface area contributed by atoms with Crippen molar-refractivity contribution in [3.05, 3.63) is 24.3 Å². The topological polar surface area (TPSA) is 67.8 Å². The predicted octanol–water partition coefficient (Wildman–Crippen LogP) is 0.0838. The third-order valence-electron chi connectivity index (χ3n) is 6.38. The Bertz CT molecular complexity index is 516. The highest BCUT2D eigenvalue weighted by Gasteiger charge is 2.18. The van der Waals surface area contributed by atoms with Gasteiger partial charge in [-0.25, -0.2) is 0 Å². The quantitative estimate of drug-likeness (QED) is 0.431. The van der Waals surface area contributed by atoms with Crippen LogP contribution >= 0.6 is 0 Å². The third-order valence-corrected chi connectivity index (χ3v) is 6.38. The van der Waals surface area contributed by atoms with Crippen LogP contribution in [0.3, 0.4) is 0 Å². The lowest BCUT2D eigenvalue weighted by atomic mass is 10.2. The minimum absolute atomic E-state index is 0.320. The minimum atomic E-state index is -0.439. The van der Waals surface area contributed by atoms with Crippen LogP contribution in [0.2, 0.25) is 0 Å². The molecule has 170 valence electrons. The van der Waals surface area contributed by atoms with E-state index < -0.39 is 12.2 Å². The highest BCUT2D eigenvalue weighted by Crippen LogP contribution is 2.18. The van der Waals surface area contributed by atoms with Crippen molar-refractivity contribution >= 4 is 0 Å². The van der Waals surface area contributed by atoms with Crippen molar-refractivity contribution in [2.24, 2.45) is 0 Å². The summed E-state index contributed by atoms with van der Waals surface area (Å²) in [7, 11) is 0. The van der Waals surface area contributed by atoms with Gasteiger partial charge in [-0.2, -0.15) is 0 Å². The molecular weight excluding hydrogens is 380 g/mol. The van der Waals surface area contributed by atoms with Crippen molar-refractivity contribution in [2.45, 2.75) is 63.6 Å². The van der Waals surface area contributed by atoms with E-state index in [-0.39, 0.29) is 0 Å². The lowest BCUT2D eigenvalue weighted by Crippen LogP contribution is -3.13. The van der Waals surface area contributed by atoms with Crippen molar-refractivity contribution < 1.29 is 29.5 Å². The van der Waals surface area contributed by atoms with E-state index in [0.29, 0.717) is 13.2 Å². The highest BCUT2D eigenvalue weighted by molar-refractivity contribution is 5.31. The van der Waals surface area contributed by atoms with Gasteiger partial charge in [0.05, 0.1) is 26.2 Å². The lowest BCUT2D eigenvalue weighted by Gasteiger charge is -2.21. The van der Waals surface area contributed by atoms with Crippen LogP contribution in [0.15, 0.2) is 24.3 Å². The molecule has 0 spiro atoms. The second kappa shape index (κ2) is 13.2. The zero-order valence-corrected chi connectivity index (χ0v) is 18.5. The van der Waals surface area contributed by atoms with E-state index in [4.69, 9.17) is 9.47 Å². The molecule has 0 aliphatic carbocycles. The lowest BCUT2D eigenvalue weighted by molar-refractivity contribution is -0.902. The average molecular weight is 423 g/mol. The largest absolute Gasteiger partial charge is 0.491 e. The van der Waals surface area contributed by atoms with Crippen LogP contribution in [-0.2, 0) is 0 Å². The Hall–Kier alpha value is -1.34. The Morgan fingerprint density at radius 2 is 0.933 bits per heavy atom. The van der Waals surface area contributed by atoms with E-state index in [1.165, 1.54) is 61.2 Å². The van der Waals surface area contributed by atoms with Gasteiger partial charge in [0.1, 0.15) is 50.0 Å². The molecule has 4 N–H and O–H groups in total. The van der Waals surface area contributed by atoms with Gasteiger partial charge in [-0.3, -0.25) is 0 Å². The van der Waals surface area contributed by atoms with Gasteiger partial charge in [-0.05, 0) is 75.6 Å². The second-order valence-corrected chi connectivity index (χ2v) is 9.14. The SMILES string of the molecule is O[C@H](COc1ccc(OC[C@@H](O)C[NH+]2CCCCCC2)cc1)C[NH+]1CCCCCC1. The molecule has 6 heteroatoms. The molecule has 1 aromatic carbocycles. The van der Waals surface area contributed by atoms with Gasteiger partial charge < -0.3 is 29.5 Å². The van der Waals surface area contributed by atoms with Gasteiger partial charge in [0.15, 0.2) is 0 Å². The van der Waals surface area contributed by atoms with Gasteiger partial charge in [0.2, 0.25) is 0 Å². The number of aliphatic hydroxyl groups excluding tert-OH is 2. The zero-order valence-electron chi connectivity index (χ0n) is 18.5. The maximum atomic E-state index is 10.3. The Morgan fingerprint density at radius 3 is 1.27 bits per heavy atom. The molecule has 0 radical (unpaired) electrons. The molecule has 2 aliphatic rings. The summed E-state index contributed by atoms with van der Waals surface area (Å²) in [5.41, 5.74) is 0. The summed E-state index contributed by atoms with van der Waals surface area (Å²) in [5.74, 6) is 1.48. The number of quaternary nitrogens is 2. The normalized spacial score (nSPS) is 21.4. The standard InChI is InChI=1S/C24H40N2O4/c27-21(17-25-13-5-1-2-6-14-25)19-29-23-9-11-24(12-10-23)30-20-22(28)18-26-15-7-3-4-8-16-26/h9-12,21-22,27-28H,1-8,13-20H2/p+2/t21-,22-/m0/s1. The number of benzene rings is 1. The summed E-state index contributed by atoms with van der Waals surface area (Å²) in [6.07, 6.45) is 9.45. The predicted molar refractivity (Wildman–Crippen MR) is 118 cm³/mol. The van der Waals surface area contributed by atoms with Gasteiger partial charge in [0.25, 0.3) is 0 Å². The van der Waals surface area contributed by atoms with Crippen molar-refractivity contribution in [1.29, 1.82) is 0 Å². The fourth-order valence-electron chi connectivity index (χ4n) is 4.67. The van der Waals surface area contributed by atoms with Gasteiger partial charge >= 0.3 is 0 Å². The Labute approximate surface area is 181 Å². The van der Waals surface area contributed by atoms with Crippen LogP contribution in [0.1, 0.15) is 51.4 Å². The van der Waals surface area contributed by atoms with Crippen LogP contribution in [0, 0.1) is 0 Å². The van der Waals surface area contributed by atoms with Crippen LogP contribution in [0.4, 0.5) is 0 Å². The molecule has 1 aromatic rings. The van der Waals surface area contributed by atoms with Crippen molar-refractivity contribution in [3.8, 4) is 11.5 Å². The molecule has 0 bridgehead atoms. The van der Waals surface area contributed by atoms with Crippen molar-refractivity contribution in [3.63, 3.8) is 0 Å². The summed E-state index contributed by atoms with van der Waals surface area (Å²) >= 11 is 0. The van der Waals surface area contributed by atoms with Crippen LogP contribution in [0.5, 0.6) is 11.5 Å². The number of ether oxygens (including phenoxy) is 2. The molecular formula is C24H42N2O4+2. The Balaban J connectivity index is 1.32. The molecule has 2 aliphatic heterocycles. The number of aliphatic hydroxyl groups is 2. The summed E-state index contributed by atoms with van der Waals surface area (Å²) in [6, 6.07) is 7.47. The number of hydrogen-bond acceptors (Lipinski definition) is 4. The number of hydrogen-bond donors (Lipinski definition) is 4. The average Bonchev–Trinajstić information content (AvgIpc) is 3.16. The molecule has 0 aromatic heterocycles. The third kappa shape index (κ3) is 8.80. The molecule has 6 nitrogen and oxygen atoms in total. The molecule has 2 saturated heterocycles. The van der Waals surface area contributed by atoms with Gasteiger partial charge in [0, 0.05) is 0 Å². The summed E-state index contributed by atoms with van der Waals surface area (Å²) < 4.78 is 11.5. The number of nitrogens with one attached hydrogen (secondary N) is 2. The molecule has 0 amide bonds. The number of rotatable bonds is 10. The Kier molecular flexibility index (Phi) is 10.2. The summed E-state index contributed by atoms with van der Waals surface area (Å²) in [6.45, 7) is 6.81. The van der Waals surface area contributed by atoms with E-state index in [2.05, 4.69) is 0 Å². The number of likely N-dealkylation sites (tertiary alicyclic amines) is 2. The monoisotopic (exact) mass is 422 g/mol. The molecule has 0 unspecified atom stereocenters. The molecule has 2 heterocycles. The van der Waals surface area contributed by atoms with Gasteiger partial charge in [-0.15, -0.1) is 0 Å². The minimum Gasteiger partial charge on any atom is -0.491 e. The fraction of sp³-hybridized carbons (Fsp3) is 0.750. The van der Waals surface area contributed by atoms with E-state index in [9.17, 15) is 10.2 Å². The smallest absolute Gasteiger partial charge is 0.137 e. The van der Waals surface area contributed by atoms with Crippen molar-refractivity contribution in [1.82, 2.24) is 0 Å². The Morgan fingerprint density at radius 1 is 0.600 bits per heavy atom. The first-order valence-electron chi connectivity index (χ1n) is 12.1. The molecule has 2 atom stereocenters. The van der Waals surface area contributed by atoms with E-state index in [0.717, 1.165) is 50.8 Å². The molecule has 2 fully saturated rings. The summed E-state index contributed by atoms with van der Waals surface area (Å²) in [5, 5.41) is 20.6. The molecule has 0 saturated carbocycles. The van der Waals surface area contributed by atoms with Crippen molar-refractivity contribution in [2.75, 3.05) is 52.5 Å². The zero-order chi connectivity index (χ0) is 21.0. The highest BCUT2D eigenvalue weighted by atomic mass is 16.5. The first-order valence-corrected chi connectivity index (χ1v) is 12.1. The van der Waals surface area contributed by atoms with Crippen LogP contribution < -0.4 is 19.3 Å². The molecule has 3 rings (SSSR count). The maximum absolute atomic E-state index is 10.3. The van der Waals surface area contributed by atoms with E-state index in [1.54, 1.807) is 0 Å². The maximum Gasteiger partial charge on any atom is 0.137 e. The molecule has 30 heavy (non-hydrogen) atoms. The van der Waals surface area contributed by atoms with Gasteiger partial charge in [-0.1, -0.05) is 0 Å². The van der Waals surface area contributed by atoms with Crippen LogP contribution in [-0.4, -0.2) is 74.9 Å². The van der Waals surface area contributed by atoms with E-state index >= 15 is 0 Å². The summed E-state index contributed by atoms with van der Waals surface area (Å²) in [4.78, 5) is 2.99. The van der Waals surface area contributed by atoms with Crippen LogP contribution in [0.25, 0.3) is 0 Å². The first kappa shape index (κ1) is 23.3.